The van der Waals surface area contributed by atoms with Crippen molar-refractivity contribution in [3.63, 3.8) is 0 Å². The molecule has 84 valence electrons. The number of rotatable bonds is 5. The van der Waals surface area contributed by atoms with Gasteiger partial charge in [0.2, 0.25) is 5.13 Å². The maximum absolute atomic E-state index is 10.9. The first kappa shape index (κ1) is 11.9. The van der Waals surface area contributed by atoms with Crippen molar-refractivity contribution in [2.75, 3.05) is 25.6 Å². The van der Waals surface area contributed by atoms with Crippen LogP contribution in [0.15, 0.2) is 0 Å². The van der Waals surface area contributed by atoms with Gasteiger partial charge in [0.1, 0.15) is 5.82 Å². The molecule has 0 unspecified atom stereocenters. The second kappa shape index (κ2) is 5.65. The lowest BCUT2D eigenvalue weighted by atomic mass is 10.4. The Labute approximate surface area is 93.2 Å². The Hall–Kier alpha value is -1.17. The molecule has 1 heterocycles. The molecular weight excluding hydrogens is 214 g/mol. The Kier molecular flexibility index (Phi) is 4.48. The summed E-state index contributed by atoms with van der Waals surface area (Å²) in [5, 5.41) is 0.843. The van der Waals surface area contributed by atoms with E-state index < -0.39 is 0 Å². The van der Waals surface area contributed by atoms with E-state index in [4.69, 9.17) is 0 Å². The number of carbonyl (C=O) groups is 1. The van der Waals surface area contributed by atoms with Crippen molar-refractivity contribution >= 4 is 22.6 Å². The first-order valence-electron chi connectivity index (χ1n) is 4.78. The molecule has 0 bridgehead atoms. The Morgan fingerprint density at radius 2 is 2.33 bits per heavy atom. The van der Waals surface area contributed by atoms with Crippen molar-refractivity contribution in [2.45, 2.75) is 19.8 Å². The standard InChI is InChI=1S/C9H15N3O2S/c1-4-7-10-9(15-11-7)12(2)6-5-8(13)14-3/h4-6H2,1-3H3. The van der Waals surface area contributed by atoms with Crippen LogP contribution < -0.4 is 4.90 Å². The monoisotopic (exact) mass is 229 g/mol. The zero-order chi connectivity index (χ0) is 11.3. The van der Waals surface area contributed by atoms with Gasteiger partial charge < -0.3 is 9.64 Å². The number of methoxy groups -OCH3 is 1. The highest BCUT2D eigenvalue weighted by Crippen LogP contribution is 2.15. The Bertz CT molecular complexity index is 327. The van der Waals surface area contributed by atoms with Gasteiger partial charge in [-0.1, -0.05) is 6.92 Å². The van der Waals surface area contributed by atoms with Crippen molar-refractivity contribution in [3.8, 4) is 0 Å². The summed E-state index contributed by atoms with van der Waals surface area (Å²) in [5.74, 6) is 0.641. The molecule has 1 rings (SSSR count). The van der Waals surface area contributed by atoms with Crippen molar-refractivity contribution in [1.29, 1.82) is 0 Å². The van der Waals surface area contributed by atoms with Crippen LogP contribution in [0.25, 0.3) is 0 Å². The first-order chi connectivity index (χ1) is 7.17. The number of esters is 1. The average molecular weight is 229 g/mol. The van der Waals surface area contributed by atoms with Crippen LogP contribution in [0.3, 0.4) is 0 Å². The highest BCUT2D eigenvalue weighted by atomic mass is 32.1. The molecule has 0 atom stereocenters. The highest BCUT2D eigenvalue weighted by Gasteiger charge is 2.09. The third-order valence-electron chi connectivity index (χ3n) is 1.98. The van der Waals surface area contributed by atoms with Gasteiger partial charge in [0.15, 0.2) is 0 Å². The van der Waals surface area contributed by atoms with Crippen LogP contribution in [-0.4, -0.2) is 36.0 Å². The Morgan fingerprint density at radius 3 is 2.87 bits per heavy atom. The quantitative estimate of drug-likeness (QED) is 0.708. The first-order valence-corrected chi connectivity index (χ1v) is 5.55. The minimum atomic E-state index is -0.206. The van der Waals surface area contributed by atoms with E-state index in [1.165, 1.54) is 18.6 Å². The van der Waals surface area contributed by atoms with E-state index in [-0.39, 0.29) is 5.97 Å². The molecule has 1 aromatic heterocycles. The highest BCUT2D eigenvalue weighted by molar-refractivity contribution is 7.09. The fraction of sp³-hybridized carbons (Fsp3) is 0.667. The number of nitrogens with zero attached hydrogens (tertiary/aromatic N) is 3. The average Bonchev–Trinajstić information content (AvgIpc) is 2.73. The number of carbonyl (C=O) groups excluding carboxylic acids is 1. The summed E-state index contributed by atoms with van der Waals surface area (Å²) in [7, 11) is 3.28. The minimum absolute atomic E-state index is 0.206. The molecule has 0 aromatic carbocycles. The van der Waals surface area contributed by atoms with Gasteiger partial charge in [-0.2, -0.15) is 4.37 Å². The molecule has 0 spiro atoms. The summed E-state index contributed by atoms with van der Waals surface area (Å²) in [6.07, 6.45) is 1.20. The summed E-state index contributed by atoms with van der Waals surface area (Å²) in [6, 6.07) is 0. The van der Waals surface area contributed by atoms with E-state index in [9.17, 15) is 4.79 Å². The van der Waals surface area contributed by atoms with Gasteiger partial charge in [0, 0.05) is 31.5 Å². The minimum Gasteiger partial charge on any atom is -0.469 e. The van der Waals surface area contributed by atoms with Gasteiger partial charge in [0.05, 0.1) is 13.5 Å². The number of hydrogen-bond donors (Lipinski definition) is 0. The molecule has 0 amide bonds. The molecule has 1 aromatic rings. The lowest BCUT2D eigenvalue weighted by molar-refractivity contribution is -0.140. The fourth-order valence-corrected chi connectivity index (χ4v) is 1.73. The van der Waals surface area contributed by atoms with E-state index in [1.807, 2.05) is 18.9 Å². The zero-order valence-electron chi connectivity index (χ0n) is 9.19. The predicted molar refractivity (Wildman–Crippen MR) is 59.2 cm³/mol. The van der Waals surface area contributed by atoms with E-state index >= 15 is 0 Å². The SMILES string of the molecule is CCc1nsc(N(C)CCC(=O)OC)n1. The van der Waals surface area contributed by atoms with E-state index in [0.717, 1.165) is 17.4 Å². The van der Waals surface area contributed by atoms with Crippen LogP contribution >= 0.6 is 11.5 Å². The van der Waals surface area contributed by atoms with Crippen LogP contribution in [0.2, 0.25) is 0 Å². The van der Waals surface area contributed by atoms with E-state index in [2.05, 4.69) is 14.1 Å². The van der Waals surface area contributed by atoms with E-state index in [0.29, 0.717) is 13.0 Å². The van der Waals surface area contributed by atoms with Gasteiger partial charge in [-0.25, -0.2) is 4.98 Å². The van der Waals surface area contributed by atoms with Gasteiger partial charge in [-0.05, 0) is 0 Å². The molecule has 0 aliphatic heterocycles. The van der Waals surface area contributed by atoms with Crippen LogP contribution in [0.4, 0.5) is 5.13 Å². The summed E-state index contributed by atoms with van der Waals surface area (Å²) in [5.41, 5.74) is 0. The lowest BCUT2D eigenvalue weighted by Crippen LogP contribution is -2.21. The summed E-state index contributed by atoms with van der Waals surface area (Å²) >= 11 is 1.35. The van der Waals surface area contributed by atoms with Crippen molar-refractivity contribution in [3.05, 3.63) is 5.82 Å². The normalized spacial score (nSPS) is 10.1. The summed E-state index contributed by atoms with van der Waals surface area (Å²) < 4.78 is 8.74. The summed E-state index contributed by atoms with van der Waals surface area (Å²) in [4.78, 5) is 17.2. The molecule has 0 N–H and O–H groups in total. The molecule has 0 saturated carbocycles. The number of anilines is 1. The third kappa shape index (κ3) is 3.47. The summed E-state index contributed by atoms with van der Waals surface area (Å²) in [6.45, 7) is 2.62. The largest absolute Gasteiger partial charge is 0.469 e. The maximum atomic E-state index is 10.9. The third-order valence-corrected chi connectivity index (χ3v) is 2.85. The predicted octanol–water partition coefficient (Wildman–Crippen LogP) is 1.10. The van der Waals surface area contributed by atoms with Crippen LogP contribution in [0, 0.1) is 0 Å². The number of aromatic nitrogens is 2. The number of hydrogen-bond acceptors (Lipinski definition) is 6. The molecule has 5 nitrogen and oxygen atoms in total. The molecule has 0 aliphatic carbocycles. The molecular formula is C9H15N3O2S. The van der Waals surface area contributed by atoms with Crippen molar-refractivity contribution in [2.24, 2.45) is 0 Å². The van der Waals surface area contributed by atoms with Gasteiger partial charge >= 0.3 is 5.97 Å². The van der Waals surface area contributed by atoms with Gasteiger partial charge in [0.25, 0.3) is 0 Å². The number of aryl methyl sites for hydroxylation is 1. The lowest BCUT2D eigenvalue weighted by Gasteiger charge is -2.13. The van der Waals surface area contributed by atoms with Crippen molar-refractivity contribution < 1.29 is 9.53 Å². The van der Waals surface area contributed by atoms with Gasteiger partial charge in [-0.3, -0.25) is 4.79 Å². The fourth-order valence-electron chi connectivity index (χ4n) is 1.00. The van der Waals surface area contributed by atoms with Crippen LogP contribution in [-0.2, 0) is 16.0 Å². The topological polar surface area (TPSA) is 55.3 Å². The molecule has 0 aliphatic rings. The molecule has 0 radical (unpaired) electrons. The van der Waals surface area contributed by atoms with Gasteiger partial charge in [-0.15, -0.1) is 0 Å². The molecule has 15 heavy (non-hydrogen) atoms. The molecule has 6 heteroatoms. The second-order valence-electron chi connectivity index (χ2n) is 3.09. The second-order valence-corrected chi connectivity index (χ2v) is 3.82. The Morgan fingerprint density at radius 1 is 1.60 bits per heavy atom. The van der Waals surface area contributed by atoms with Crippen LogP contribution in [0.5, 0.6) is 0 Å². The van der Waals surface area contributed by atoms with Crippen molar-refractivity contribution in [1.82, 2.24) is 9.36 Å². The Balaban J connectivity index is 2.46. The molecule has 0 saturated heterocycles. The number of ether oxygens (including phenoxy) is 1. The van der Waals surface area contributed by atoms with E-state index in [1.54, 1.807) is 0 Å². The van der Waals surface area contributed by atoms with Crippen LogP contribution in [0.1, 0.15) is 19.2 Å². The zero-order valence-corrected chi connectivity index (χ0v) is 10.0. The maximum Gasteiger partial charge on any atom is 0.307 e. The smallest absolute Gasteiger partial charge is 0.307 e. The molecule has 0 fully saturated rings.